The molecule has 18 heavy (non-hydrogen) atoms. The highest BCUT2D eigenvalue weighted by Crippen LogP contribution is 2.57. The topological polar surface area (TPSA) is 66.4 Å². The summed E-state index contributed by atoms with van der Waals surface area (Å²) in [6.07, 6.45) is 2.91. The van der Waals surface area contributed by atoms with Gasteiger partial charge in [0.05, 0.1) is 6.61 Å². The van der Waals surface area contributed by atoms with E-state index in [1.165, 1.54) is 0 Å². The van der Waals surface area contributed by atoms with Crippen molar-refractivity contribution in [2.75, 3.05) is 6.61 Å². The number of carbonyl (C=O) groups excluding carboxylic acids is 2. The van der Waals surface area contributed by atoms with Crippen LogP contribution in [0.3, 0.4) is 0 Å². The van der Waals surface area contributed by atoms with Crippen LogP contribution >= 0.6 is 0 Å². The molecule has 2 atom stereocenters. The summed E-state index contributed by atoms with van der Waals surface area (Å²) in [6, 6.07) is 0. The number of carbonyl (C=O) groups is 2. The zero-order chi connectivity index (χ0) is 13.8. The van der Waals surface area contributed by atoms with Crippen molar-refractivity contribution < 1.29 is 19.4 Å². The number of hydrogen-bond acceptors (Lipinski definition) is 4. The molecule has 0 aromatic rings. The lowest BCUT2D eigenvalue weighted by atomic mass is 10.1. The second kappa shape index (κ2) is 5.90. The van der Waals surface area contributed by atoms with Crippen molar-refractivity contribution in [3.63, 3.8) is 0 Å². The number of ether oxygens (including phenoxy) is 1. The van der Waals surface area contributed by atoms with Crippen LogP contribution < -0.4 is 5.11 Å². The average molecular weight is 251 g/mol. The van der Waals surface area contributed by atoms with Gasteiger partial charge in [-0.3, -0.25) is 0 Å². The Balaban J connectivity index is 2.38. The zero-order valence-electron chi connectivity index (χ0n) is 11.1. The van der Waals surface area contributed by atoms with Gasteiger partial charge in [-0.25, -0.2) is 4.79 Å². The Labute approximate surface area is 108 Å². The number of rotatable bonds is 5. The van der Waals surface area contributed by atoms with Gasteiger partial charge in [-0.05, 0) is 11.8 Å². The molecule has 0 aliphatic heterocycles. The van der Waals surface area contributed by atoms with E-state index in [0.29, 0.717) is 6.61 Å². The van der Waals surface area contributed by atoms with Gasteiger partial charge in [0, 0.05) is 23.7 Å². The minimum atomic E-state index is -1.10. The highest BCUT2D eigenvalue weighted by atomic mass is 16.5. The third-order valence-corrected chi connectivity index (χ3v) is 3.39. The third-order valence-electron chi connectivity index (χ3n) is 3.39. The number of unbranched alkanes of at least 4 members (excludes halogenated alkanes) is 2. The van der Waals surface area contributed by atoms with Gasteiger partial charge in [-0.15, -0.1) is 0 Å². The van der Waals surface area contributed by atoms with E-state index in [-0.39, 0.29) is 5.92 Å². The summed E-state index contributed by atoms with van der Waals surface area (Å²) >= 11 is 0. The van der Waals surface area contributed by atoms with E-state index >= 15 is 0 Å². The maximum atomic E-state index is 11.3. The highest BCUT2D eigenvalue weighted by Gasteiger charge is 2.57. The number of hydrogen-bond donors (Lipinski definition) is 0. The van der Waals surface area contributed by atoms with Crippen molar-refractivity contribution in [2.45, 2.75) is 40.0 Å². The second-order valence-corrected chi connectivity index (χ2v) is 5.21. The Hall–Kier alpha value is -1.50. The molecule has 1 aliphatic carbocycles. The van der Waals surface area contributed by atoms with Crippen LogP contribution in [0.4, 0.5) is 0 Å². The van der Waals surface area contributed by atoms with Gasteiger partial charge in [-0.2, -0.15) is 0 Å². The summed E-state index contributed by atoms with van der Waals surface area (Å²) in [6.45, 7) is 6.05. The fraction of sp³-hybridized carbons (Fsp3) is 0.714. The maximum Gasteiger partial charge on any atom is 0.384 e. The van der Waals surface area contributed by atoms with Crippen molar-refractivity contribution in [3.8, 4) is 11.8 Å². The van der Waals surface area contributed by atoms with Gasteiger partial charge in [0.25, 0.3) is 0 Å². The molecule has 0 amide bonds. The fourth-order valence-corrected chi connectivity index (χ4v) is 2.04. The van der Waals surface area contributed by atoms with Crippen molar-refractivity contribution in [1.29, 1.82) is 0 Å². The molecule has 4 heteroatoms. The number of esters is 1. The second-order valence-electron chi connectivity index (χ2n) is 5.21. The molecule has 0 radical (unpaired) electrons. The van der Waals surface area contributed by atoms with E-state index < -0.39 is 23.3 Å². The van der Waals surface area contributed by atoms with Crippen LogP contribution in [-0.4, -0.2) is 18.5 Å². The SMILES string of the molecule is CCCCCOC(=O)C#CC1C(C(=O)[O-])C1(C)C. The summed E-state index contributed by atoms with van der Waals surface area (Å²) in [4.78, 5) is 22.0. The summed E-state index contributed by atoms with van der Waals surface area (Å²) in [5.41, 5.74) is -0.408. The van der Waals surface area contributed by atoms with E-state index in [1.807, 2.05) is 0 Å². The lowest BCUT2D eigenvalue weighted by Gasteiger charge is -2.00. The van der Waals surface area contributed by atoms with Gasteiger partial charge in [0.15, 0.2) is 0 Å². The van der Waals surface area contributed by atoms with Crippen LogP contribution in [0.1, 0.15) is 40.0 Å². The van der Waals surface area contributed by atoms with E-state index in [2.05, 4.69) is 18.8 Å². The van der Waals surface area contributed by atoms with Crippen molar-refractivity contribution >= 4 is 11.9 Å². The highest BCUT2D eigenvalue weighted by molar-refractivity contribution is 5.89. The van der Waals surface area contributed by atoms with Crippen LogP contribution in [0.2, 0.25) is 0 Å². The number of aliphatic carboxylic acids is 1. The Kier molecular flexibility index (Phi) is 4.77. The molecule has 1 saturated carbocycles. The molecule has 0 saturated heterocycles. The molecule has 4 nitrogen and oxygen atoms in total. The smallest absolute Gasteiger partial charge is 0.384 e. The minimum Gasteiger partial charge on any atom is -0.550 e. The van der Waals surface area contributed by atoms with Crippen molar-refractivity contribution in [1.82, 2.24) is 0 Å². The Morgan fingerprint density at radius 3 is 2.50 bits per heavy atom. The predicted molar refractivity (Wildman–Crippen MR) is 64.0 cm³/mol. The third kappa shape index (κ3) is 3.49. The standard InChI is InChI=1S/C14H20O4/c1-4-5-6-9-18-11(15)8-7-10-12(13(16)17)14(10,2)3/h10,12H,4-6,9H2,1-3H3,(H,16,17)/p-1. The average Bonchev–Trinajstić information content (AvgIpc) is 2.84. The first-order valence-electron chi connectivity index (χ1n) is 6.30. The number of carboxylic acid groups (broad SMARTS) is 1. The predicted octanol–water partition coefficient (Wildman–Crippen LogP) is 0.745. The molecule has 100 valence electrons. The number of carboxylic acids is 1. The lowest BCUT2D eigenvalue weighted by molar-refractivity contribution is -0.308. The Bertz CT molecular complexity index is 386. The molecule has 0 spiro atoms. The van der Waals surface area contributed by atoms with Crippen molar-refractivity contribution in [2.24, 2.45) is 17.3 Å². The Morgan fingerprint density at radius 2 is 2.00 bits per heavy atom. The first-order valence-corrected chi connectivity index (χ1v) is 6.30. The molecule has 0 N–H and O–H groups in total. The van der Waals surface area contributed by atoms with E-state index in [0.717, 1.165) is 19.3 Å². The largest absolute Gasteiger partial charge is 0.550 e. The first kappa shape index (κ1) is 14.6. The lowest BCUT2D eigenvalue weighted by Crippen LogP contribution is -2.26. The van der Waals surface area contributed by atoms with Gasteiger partial charge in [0.2, 0.25) is 0 Å². The maximum absolute atomic E-state index is 11.3. The van der Waals surface area contributed by atoms with Crippen LogP contribution in [0.5, 0.6) is 0 Å². The van der Waals surface area contributed by atoms with Crippen LogP contribution in [0.25, 0.3) is 0 Å². The van der Waals surface area contributed by atoms with Gasteiger partial charge >= 0.3 is 5.97 Å². The summed E-state index contributed by atoms with van der Waals surface area (Å²) in [5, 5.41) is 10.8. The van der Waals surface area contributed by atoms with Gasteiger partial charge < -0.3 is 14.6 Å². The molecule has 1 rings (SSSR count). The van der Waals surface area contributed by atoms with E-state index in [1.54, 1.807) is 13.8 Å². The minimum absolute atomic E-state index is 0.314. The first-order chi connectivity index (χ1) is 8.41. The molecule has 2 unspecified atom stereocenters. The van der Waals surface area contributed by atoms with Crippen LogP contribution in [-0.2, 0) is 14.3 Å². The van der Waals surface area contributed by atoms with Crippen LogP contribution in [0.15, 0.2) is 0 Å². The van der Waals surface area contributed by atoms with Crippen molar-refractivity contribution in [3.05, 3.63) is 0 Å². The molecule has 1 aliphatic rings. The molecule has 0 aromatic carbocycles. The normalized spacial score (nSPS) is 23.7. The summed E-state index contributed by atoms with van der Waals surface area (Å²) in [5.74, 6) is 2.45. The molecular weight excluding hydrogens is 232 g/mol. The van der Waals surface area contributed by atoms with Gasteiger partial charge in [0.1, 0.15) is 0 Å². The quantitative estimate of drug-likeness (QED) is 0.313. The molecule has 0 aromatic heterocycles. The van der Waals surface area contributed by atoms with Gasteiger partial charge in [-0.1, -0.05) is 39.5 Å². The monoisotopic (exact) mass is 251 g/mol. The van der Waals surface area contributed by atoms with E-state index in [9.17, 15) is 14.7 Å². The molecule has 0 bridgehead atoms. The Morgan fingerprint density at radius 1 is 1.33 bits per heavy atom. The summed E-state index contributed by atoms with van der Waals surface area (Å²) < 4.78 is 4.91. The molecule has 1 fully saturated rings. The summed E-state index contributed by atoms with van der Waals surface area (Å²) in [7, 11) is 0. The zero-order valence-corrected chi connectivity index (χ0v) is 11.1. The fourth-order valence-electron chi connectivity index (χ4n) is 2.04. The molecule has 0 heterocycles. The van der Waals surface area contributed by atoms with Crippen LogP contribution in [0, 0.1) is 29.1 Å². The molecular formula is C14H19O4-. The van der Waals surface area contributed by atoms with E-state index in [4.69, 9.17) is 4.74 Å².